The molecule has 1 aliphatic heterocycles. The summed E-state index contributed by atoms with van der Waals surface area (Å²) in [5.41, 5.74) is 5.99. The van der Waals surface area contributed by atoms with Crippen molar-refractivity contribution < 1.29 is 4.79 Å². The molecule has 5 nitrogen and oxygen atoms in total. The monoisotopic (exact) mass is 432 g/mol. The average Bonchev–Trinajstić information content (AvgIpc) is 2.96. The smallest absolute Gasteiger partial charge is 0.227 e. The number of aryl methyl sites for hydroxylation is 2. The highest BCUT2D eigenvalue weighted by molar-refractivity contribution is 6.30. The molecular formula is C25H25ClN4O. The number of aromatic nitrogens is 2. The summed E-state index contributed by atoms with van der Waals surface area (Å²) in [5.74, 6) is 0.166. The zero-order valence-electron chi connectivity index (χ0n) is 17.4. The Morgan fingerprint density at radius 1 is 1.00 bits per heavy atom. The highest BCUT2D eigenvalue weighted by atomic mass is 35.5. The second kappa shape index (κ2) is 8.77. The fourth-order valence-electron chi connectivity index (χ4n) is 4.77. The first kappa shape index (κ1) is 20.2. The molecule has 1 saturated heterocycles. The number of piperazine rings is 1. The van der Waals surface area contributed by atoms with Gasteiger partial charge in [0.2, 0.25) is 5.91 Å². The third-order valence-electron chi connectivity index (χ3n) is 6.36. The Hall–Kier alpha value is -2.76. The molecule has 5 rings (SSSR count). The number of amides is 1. The number of halogens is 1. The van der Waals surface area contributed by atoms with Gasteiger partial charge in [-0.05, 0) is 59.4 Å². The number of pyridine rings is 2. The Morgan fingerprint density at radius 3 is 2.61 bits per heavy atom. The third-order valence-corrected chi connectivity index (χ3v) is 6.59. The molecule has 1 amide bonds. The number of fused-ring (bicyclic) bond motifs is 2. The quantitative estimate of drug-likeness (QED) is 0.633. The van der Waals surface area contributed by atoms with Crippen LogP contribution in [0.25, 0.3) is 0 Å². The van der Waals surface area contributed by atoms with Crippen LogP contribution in [-0.4, -0.2) is 51.9 Å². The maximum absolute atomic E-state index is 12.8. The van der Waals surface area contributed by atoms with Crippen LogP contribution in [0.1, 0.15) is 34.0 Å². The summed E-state index contributed by atoms with van der Waals surface area (Å²) in [6.07, 6.45) is 7.73. The van der Waals surface area contributed by atoms with E-state index in [1.165, 1.54) is 16.7 Å². The van der Waals surface area contributed by atoms with Crippen LogP contribution in [-0.2, 0) is 24.1 Å². The number of hydrogen-bond acceptors (Lipinski definition) is 4. The van der Waals surface area contributed by atoms with Gasteiger partial charge in [-0.25, -0.2) is 0 Å². The first-order valence-corrected chi connectivity index (χ1v) is 11.2. The van der Waals surface area contributed by atoms with E-state index in [9.17, 15) is 4.79 Å². The lowest BCUT2D eigenvalue weighted by atomic mass is 9.96. The SMILES string of the molecule is O=C(Cc1cccnc1)N1CCN([C@H]2c3ccc(Cl)cc3CCc3cccnc32)CC1. The molecule has 3 aromatic rings. The molecule has 158 valence electrons. The van der Waals surface area contributed by atoms with Crippen molar-refractivity contribution in [3.63, 3.8) is 0 Å². The lowest BCUT2D eigenvalue weighted by Gasteiger charge is -2.39. The van der Waals surface area contributed by atoms with E-state index in [-0.39, 0.29) is 11.9 Å². The molecular weight excluding hydrogens is 408 g/mol. The van der Waals surface area contributed by atoms with E-state index in [4.69, 9.17) is 16.6 Å². The molecule has 0 saturated carbocycles. The summed E-state index contributed by atoms with van der Waals surface area (Å²) in [6.45, 7) is 3.09. The van der Waals surface area contributed by atoms with E-state index in [1.54, 1.807) is 12.4 Å². The summed E-state index contributed by atoms with van der Waals surface area (Å²) in [6, 6.07) is 14.4. The van der Waals surface area contributed by atoms with E-state index in [0.717, 1.165) is 55.3 Å². The van der Waals surface area contributed by atoms with E-state index in [0.29, 0.717) is 6.42 Å². The minimum Gasteiger partial charge on any atom is -0.340 e. The fourth-order valence-corrected chi connectivity index (χ4v) is 4.97. The van der Waals surface area contributed by atoms with Crippen molar-refractivity contribution in [2.45, 2.75) is 25.3 Å². The number of nitrogens with zero attached hydrogens (tertiary/aromatic N) is 4. The van der Waals surface area contributed by atoms with Crippen LogP contribution in [0.3, 0.4) is 0 Å². The fraction of sp³-hybridized carbons (Fsp3) is 0.320. The lowest BCUT2D eigenvalue weighted by molar-refractivity contribution is -0.132. The second-order valence-electron chi connectivity index (χ2n) is 8.25. The molecule has 3 heterocycles. The standard InChI is InChI=1S/C25H25ClN4O/c26-21-7-8-22-20(16-21)6-5-19-4-2-10-28-24(19)25(22)30-13-11-29(12-14-30)23(31)15-18-3-1-9-27-17-18/h1-4,7-10,16-17,25H,5-6,11-15H2/t25-/m0/s1. The van der Waals surface area contributed by atoms with Crippen molar-refractivity contribution in [2.75, 3.05) is 26.2 Å². The van der Waals surface area contributed by atoms with E-state index < -0.39 is 0 Å². The molecule has 6 heteroatoms. The molecule has 0 bridgehead atoms. The summed E-state index contributed by atoms with van der Waals surface area (Å²) in [7, 11) is 0. The van der Waals surface area contributed by atoms with Crippen molar-refractivity contribution in [3.05, 3.63) is 94.0 Å². The third kappa shape index (κ3) is 4.21. The Balaban J connectivity index is 1.37. The van der Waals surface area contributed by atoms with Crippen LogP contribution in [0.2, 0.25) is 5.02 Å². The Morgan fingerprint density at radius 2 is 1.81 bits per heavy atom. The maximum Gasteiger partial charge on any atom is 0.227 e. The average molecular weight is 433 g/mol. The maximum atomic E-state index is 12.8. The molecule has 1 atom stereocenters. The van der Waals surface area contributed by atoms with Crippen LogP contribution < -0.4 is 0 Å². The minimum atomic E-state index is 0.0987. The second-order valence-corrected chi connectivity index (χ2v) is 8.68. The van der Waals surface area contributed by atoms with Crippen molar-refractivity contribution in [2.24, 2.45) is 0 Å². The van der Waals surface area contributed by atoms with E-state index >= 15 is 0 Å². The van der Waals surface area contributed by atoms with Gasteiger partial charge in [-0.3, -0.25) is 19.7 Å². The highest BCUT2D eigenvalue weighted by Gasteiger charge is 2.33. The number of rotatable bonds is 3. The summed E-state index contributed by atoms with van der Waals surface area (Å²) in [4.78, 5) is 26.2. The Labute approximate surface area is 187 Å². The molecule has 31 heavy (non-hydrogen) atoms. The van der Waals surface area contributed by atoms with Crippen LogP contribution >= 0.6 is 11.6 Å². The van der Waals surface area contributed by atoms with E-state index in [2.05, 4.69) is 28.1 Å². The highest BCUT2D eigenvalue weighted by Crippen LogP contribution is 2.37. The van der Waals surface area contributed by atoms with Crippen molar-refractivity contribution in [1.29, 1.82) is 0 Å². The van der Waals surface area contributed by atoms with Gasteiger partial charge in [0.15, 0.2) is 0 Å². The first-order valence-electron chi connectivity index (χ1n) is 10.8. The topological polar surface area (TPSA) is 49.3 Å². The van der Waals surface area contributed by atoms with E-state index in [1.807, 2.05) is 35.4 Å². The number of carbonyl (C=O) groups excluding carboxylic acids is 1. The molecule has 2 aromatic heterocycles. The predicted octanol–water partition coefficient (Wildman–Crippen LogP) is 3.70. The number of carbonyl (C=O) groups is 1. The van der Waals surface area contributed by atoms with Crippen LogP contribution in [0.5, 0.6) is 0 Å². The predicted molar refractivity (Wildman–Crippen MR) is 121 cm³/mol. The Bertz CT molecular complexity index is 1080. The summed E-state index contributed by atoms with van der Waals surface area (Å²) < 4.78 is 0. The van der Waals surface area contributed by atoms with Gasteiger partial charge >= 0.3 is 0 Å². The largest absolute Gasteiger partial charge is 0.340 e. The van der Waals surface area contributed by atoms with Gasteiger partial charge in [0.25, 0.3) is 0 Å². The number of benzene rings is 1. The molecule has 0 unspecified atom stereocenters. The molecule has 0 radical (unpaired) electrons. The summed E-state index contributed by atoms with van der Waals surface area (Å²) >= 11 is 6.32. The van der Waals surface area contributed by atoms with Crippen LogP contribution in [0.15, 0.2) is 61.1 Å². The number of hydrogen-bond donors (Lipinski definition) is 0. The minimum absolute atomic E-state index is 0.0987. The van der Waals surface area contributed by atoms with Gasteiger partial charge in [0.1, 0.15) is 0 Å². The van der Waals surface area contributed by atoms with Crippen molar-refractivity contribution in [1.82, 2.24) is 19.8 Å². The summed E-state index contributed by atoms with van der Waals surface area (Å²) in [5, 5.41) is 0.780. The Kier molecular flexibility index (Phi) is 5.70. The van der Waals surface area contributed by atoms with Gasteiger partial charge in [-0.2, -0.15) is 0 Å². The zero-order valence-corrected chi connectivity index (χ0v) is 18.1. The van der Waals surface area contributed by atoms with Gasteiger partial charge in [-0.1, -0.05) is 29.8 Å². The van der Waals surface area contributed by atoms with Gasteiger partial charge < -0.3 is 4.90 Å². The van der Waals surface area contributed by atoms with Crippen molar-refractivity contribution >= 4 is 17.5 Å². The molecule has 0 N–H and O–H groups in total. The molecule has 0 spiro atoms. The zero-order chi connectivity index (χ0) is 21.2. The van der Waals surface area contributed by atoms with Crippen LogP contribution in [0, 0.1) is 0 Å². The van der Waals surface area contributed by atoms with Gasteiger partial charge in [0.05, 0.1) is 18.2 Å². The molecule has 1 aromatic carbocycles. The molecule has 1 aliphatic carbocycles. The first-order chi connectivity index (χ1) is 15.2. The van der Waals surface area contributed by atoms with Crippen molar-refractivity contribution in [3.8, 4) is 0 Å². The lowest BCUT2D eigenvalue weighted by Crippen LogP contribution is -2.50. The molecule has 1 fully saturated rings. The van der Waals surface area contributed by atoms with Gasteiger partial charge in [-0.15, -0.1) is 0 Å². The van der Waals surface area contributed by atoms with Crippen LogP contribution in [0.4, 0.5) is 0 Å². The normalized spacial score (nSPS) is 18.7. The molecule has 2 aliphatic rings. The van der Waals surface area contributed by atoms with Gasteiger partial charge in [0, 0.05) is 49.8 Å².